The Labute approximate surface area is 99.8 Å². The lowest BCUT2D eigenvalue weighted by Crippen LogP contribution is -2.33. The van der Waals surface area contributed by atoms with Crippen molar-refractivity contribution in [2.45, 2.75) is 11.8 Å². The second kappa shape index (κ2) is 3.89. The second-order valence-electron chi connectivity index (χ2n) is 3.81. The fourth-order valence-electron chi connectivity index (χ4n) is 1.56. The number of carbonyl (C=O) groups is 1. The summed E-state index contributed by atoms with van der Waals surface area (Å²) in [6.45, 7) is 5.57. The van der Waals surface area contributed by atoms with Gasteiger partial charge in [-0.15, -0.1) is 0 Å². The SMILES string of the molecule is C=C1CNC(=O)N1S(=O)(=O)c1ccc(C)cc1. The van der Waals surface area contributed by atoms with Gasteiger partial charge in [0, 0.05) is 0 Å². The molecule has 0 aromatic heterocycles. The molecular formula is C11H12N2O3S. The summed E-state index contributed by atoms with van der Waals surface area (Å²) in [5.74, 6) is 0. The average molecular weight is 252 g/mol. The van der Waals surface area contributed by atoms with Crippen LogP contribution in [0.15, 0.2) is 41.4 Å². The van der Waals surface area contributed by atoms with Crippen LogP contribution in [0.3, 0.4) is 0 Å². The maximum atomic E-state index is 12.2. The van der Waals surface area contributed by atoms with E-state index in [9.17, 15) is 13.2 Å². The summed E-state index contributed by atoms with van der Waals surface area (Å²) in [5, 5.41) is 2.41. The fraction of sp³-hybridized carbons (Fsp3) is 0.182. The molecule has 90 valence electrons. The van der Waals surface area contributed by atoms with Crippen molar-refractivity contribution in [3.8, 4) is 0 Å². The molecule has 1 aliphatic rings. The minimum Gasteiger partial charge on any atom is -0.331 e. The molecule has 0 bridgehead atoms. The highest BCUT2D eigenvalue weighted by Gasteiger charge is 2.35. The number of urea groups is 1. The average Bonchev–Trinajstić information content (AvgIpc) is 2.59. The van der Waals surface area contributed by atoms with Crippen molar-refractivity contribution in [3.05, 3.63) is 42.1 Å². The third kappa shape index (κ3) is 1.91. The molecule has 2 amide bonds. The third-order valence-corrected chi connectivity index (χ3v) is 4.25. The van der Waals surface area contributed by atoms with Crippen molar-refractivity contribution < 1.29 is 13.2 Å². The minimum absolute atomic E-state index is 0.0845. The highest BCUT2D eigenvalue weighted by Crippen LogP contribution is 2.22. The molecule has 0 atom stereocenters. The Balaban J connectivity index is 2.46. The molecule has 1 aromatic rings. The van der Waals surface area contributed by atoms with Gasteiger partial charge in [0.25, 0.3) is 10.0 Å². The van der Waals surface area contributed by atoms with E-state index in [1.807, 2.05) is 6.92 Å². The molecule has 0 unspecified atom stereocenters. The van der Waals surface area contributed by atoms with Gasteiger partial charge in [-0.1, -0.05) is 24.3 Å². The number of hydrogen-bond donors (Lipinski definition) is 1. The molecule has 0 spiro atoms. The van der Waals surface area contributed by atoms with Crippen molar-refractivity contribution in [1.82, 2.24) is 9.62 Å². The van der Waals surface area contributed by atoms with Gasteiger partial charge >= 0.3 is 6.03 Å². The van der Waals surface area contributed by atoms with E-state index in [4.69, 9.17) is 0 Å². The number of benzene rings is 1. The summed E-state index contributed by atoms with van der Waals surface area (Å²) in [5.41, 5.74) is 1.18. The summed E-state index contributed by atoms with van der Waals surface area (Å²) < 4.78 is 25.0. The zero-order chi connectivity index (χ0) is 12.6. The Hall–Kier alpha value is -1.82. The second-order valence-corrected chi connectivity index (χ2v) is 5.59. The molecule has 1 fully saturated rings. The van der Waals surface area contributed by atoms with Crippen molar-refractivity contribution in [2.75, 3.05) is 6.54 Å². The molecule has 1 aliphatic heterocycles. The highest BCUT2D eigenvalue weighted by atomic mass is 32.2. The number of sulfonamides is 1. The Morgan fingerprint density at radius 2 is 1.88 bits per heavy atom. The van der Waals surface area contributed by atoms with Crippen LogP contribution in [0.2, 0.25) is 0 Å². The maximum Gasteiger partial charge on any atom is 0.336 e. The van der Waals surface area contributed by atoms with Crippen LogP contribution in [0.1, 0.15) is 5.56 Å². The first-order chi connectivity index (χ1) is 7.93. The van der Waals surface area contributed by atoms with Gasteiger partial charge in [0.15, 0.2) is 0 Å². The molecule has 5 nitrogen and oxygen atoms in total. The van der Waals surface area contributed by atoms with Gasteiger partial charge in [-0.25, -0.2) is 13.2 Å². The molecule has 17 heavy (non-hydrogen) atoms. The molecule has 6 heteroatoms. The first-order valence-electron chi connectivity index (χ1n) is 5.00. The first-order valence-corrected chi connectivity index (χ1v) is 6.44. The van der Waals surface area contributed by atoms with Gasteiger partial charge in [-0.05, 0) is 19.1 Å². The molecule has 1 aromatic carbocycles. The Kier molecular flexibility index (Phi) is 2.66. The van der Waals surface area contributed by atoms with Crippen LogP contribution in [0.5, 0.6) is 0 Å². The third-order valence-electron chi connectivity index (χ3n) is 2.47. The molecule has 0 radical (unpaired) electrons. The lowest BCUT2D eigenvalue weighted by Gasteiger charge is -2.15. The molecule has 1 N–H and O–H groups in total. The standard InChI is InChI=1S/C11H12N2O3S/c1-8-3-5-10(6-4-8)17(15,16)13-9(2)7-12-11(13)14/h3-6H,2,7H2,1H3,(H,12,14). The van der Waals surface area contributed by atoms with E-state index in [0.29, 0.717) is 4.31 Å². The van der Waals surface area contributed by atoms with Crippen LogP contribution in [0.25, 0.3) is 0 Å². The van der Waals surface area contributed by atoms with E-state index in [1.54, 1.807) is 12.1 Å². The fourth-order valence-corrected chi connectivity index (χ4v) is 2.94. The van der Waals surface area contributed by atoms with Crippen LogP contribution < -0.4 is 5.32 Å². The summed E-state index contributed by atoms with van der Waals surface area (Å²) in [7, 11) is -3.83. The minimum atomic E-state index is -3.83. The van der Waals surface area contributed by atoms with Crippen molar-refractivity contribution in [3.63, 3.8) is 0 Å². The Morgan fingerprint density at radius 3 is 2.35 bits per heavy atom. The van der Waals surface area contributed by atoms with Crippen molar-refractivity contribution in [2.24, 2.45) is 0 Å². The topological polar surface area (TPSA) is 66.5 Å². The number of nitrogens with one attached hydrogen (secondary N) is 1. The van der Waals surface area contributed by atoms with Gasteiger partial charge in [0.05, 0.1) is 17.1 Å². The summed E-state index contributed by atoms with van der Waals surface area (Å²) in [6.07, 6.45) is 0. The van der Waals surface area contributed by atoms with Gasteiger partial charge in [-0.3, -0.25) is 0 Å². The molecule has 0 aliphatic carbocycles. The zero-order valence-electron chi connectivity index (χ0n) is 9.30. The Bertz CT molecular complexity index is 559. The monoisotopic (exact) mass is 252 g/mol. The quantitative estimate of drug-likeness (QED) is 0.860. The van der Waals surface area contributed by atoms with Gasteiger partial charge < -0.3 is 5.32 Å². The smallest absolute Gasteiger partial charge is 0.331 e. The summed E-state index contributed by atoms with van der Waals surface area (Å²) in [6, 6.07) is 5.66. The zero-order valence-corrected chi connectivity index (χ0v) is 10.1. The largest absolute Gasteiger partial charge is 0.336 e. The number of nitrogens with zero attached hydrogens (tertiary/aromatic N) is 1. The molecule has 0 saturated carbocycles. The number of rotatable bonds is 2. The lowest BCUT2D eigenvalue weighted by molar-refractivity contribution is 0.238. The van der Waals surface area contributed by atoms with Gasteiger partial charge in [0.2, 0.25) is 0 Å². The van der Waals surface area contributed by atoms with Crippen LogP contribution >= 0.6 is 0 Å². The van der Waals surface area contributed by atoms with Gasteiger partial charge in [0.1, 0.15) is 0 Å². The Morgan fingerprint density at radius 1 is 1.29 bits per heavy atom. The first kappa shape index (κ1) is 11.7. The highest BCUT2D eigenvalue weighted by molar-refractivity contribution is 7.89. The maximum absolute atomic E-state index is 12.2. The van der Waals surface area contributed by atoms with Crippen molar-refractivity contribution >= 4 is 16.1 Å². The van der Waals surface area contributed by atoms with E-state index < -0.39 is 16.1 Å². The van der Waals surface area contributed by atoms with E-state index >= 15 is 0 Å². The number of carbonyl (C=O) groups excluding carboxylic acids is 1. The van der Waals surface area contributed by atoms with E-state index in [-0.39, 0.29) is 17.1 Å². The number of amides is 2. The van der Waals surface area contributed by atoms with Gasteiger partial charge in [-0.2, -0.15) is 4.31 Å². The molecule has 2 rings (SSSR count). The van der Waals surface area contributed by atoms with E-state index in [1.165, 1.54) is 12.1 Å². The molecule has 1 saturated heterocycles. The van der Waals surface area contributed by atoms with Crippen LogP contribution in [-0.2, 0) is 10.0 Å². The predicted octanol–water partition coefficient (Wildman–Crippen LogP) is 1.22. The predicted molar refractivity (Wildman–Crippen MR) is 62.7 cm³/mol. The molecular weight excluding hydrogens is 240 g/mol. The van der Waals surface area contributed by atoms with E-state index in [0.717, 1.165) is 5.56 Å². The van der Waals surface area contributed by atoms with Crippen molar-refractivity contribution in [1.29, 1.82) is 0 Å². The van der Waals surface area contributed by atoms with Crippen LogP contribution in [-0.4, -0.2) is 25.3 Å². The van der Waals surface area contributed by atoms with E-state index in [2.05, 4.69) is 11.9 Å². The normalized spacial score (nSPS) is 16.2. The number of hydrogen-bond acceptors (Lipinski definition) is 3. The van der Waals surface area contributed by atoms with Crippen LogP contribution in [0.4, 0.5) is 4.79 Å². The summed E-state index contributed by atoms with van der Waals surface area (Å²) in [4.78, 5) is 11.5. The number of aryl methyl sites for hydroxylation is 1. The lowest BCUT2D eigenvalue weighted by atomic mass is 10.2. The summed E-state index contributed by atoms with van der Waals surface area (Å²) >= 11 is 0. The molecule has 1 heterocycles. The van der Waals surface area contributed by atoms with Crippen LogP contribution in [0, 0.1) is 6.92 Å².